The molecule has 2 aromatic heterocycles. The summed E-state index contributed by atoms with van der Waals surface area (Å²) in [6, 6.07) is 28.5. The van der Waals surface area contributed by atoms with E-state index in [0.717, 1.165) is 27.0 Å². The molecular weight excluding hydrogens is 564 g/mol. The van der Waals surface area contributed by atoms with E-state index in [-0.39, 0.29) is 11.7 Å². The highest BCUT2D eigenvalue weighted by atomic mass is 79.9. The molecule has 0 radical (unpaired) electrons. The number of aromatic nitrogens is 4. The number of halogens is 1. The van der Waals surface area contributed by atoms with E-state index in [4.69, 9.17) is 4.74 Å². The Balaban J connectivity index is 1.24. The first-order valence-electron chi connectivity index (χ1n) is 11.6. The Kier molecular flexibility index (Phi) is 8.22. The monoisotopic (exact) mass is 584 g/mol. The van der Waals surface area contributed by atoms with E-state index >= 15 is 0 Å². The van der Waals surface area contributed by atoms with Gasteiger partial charge in [-0.25, -0.2) is 5.43 Å². The first-order valence-corrected chi connectivity index (χ1v) is 13.3. The molecule has 0 aliphatic rings. The smallest absolute Gasteiger partial charge is 0.250 e. The second kappa shape index (κ2) is 12.3. The van der Waals surface area contributed by atoms with Gasteiger partial charge in [-0.2, -0.15) is 5.10 Å². The summed E-state index contributed by atoms with van der Waals surface area (Å²) in [5, 5.41) is 13.4. The van der Waals surface area contributed by atoms with Gasteiger partial charge in [0.2, 0.25) is 0 Å². The van der Waals surface area contributed by atoms with Crippen molar-refractivity contribution in [3.63, 3.8) is 0 Å². The lowest BCUT2D eigenvalue weighted by molar-refractivity contribution is -0.118. The first kappa shape index (κ1) is 25.4. The molecule has 0 aliphatic carbocycles. The number of amides is 1. The van der Waals surface area contributed by atoms with Gasteiger partial charge in [0.1, 0.15) is 11.5 Å². The summed E-state index contributed by atoms with van der Waals surface area (Å²) >= 11 is 4.75. The molecule has 0 saturated heterocycles. The molecule has 188 valence electrons. The van der Waals surface area contributed by atoms with Gasteiger partial charge in [0, 0.05) is 28.1 Å². The maximum Gasteiger partial charge on any atom is 0.250 e. The standard InChI is InChI=1S/C28H21BrN6O2S/c29-22-9-11-23(12-10-22)35-27(21-13-15-30-16-14-21)33-34-28(35)38-19-26(36)32-31-18-20-5-4-8-25(17-20)37-24-6-2-1-3-7-24/h1-18H,19H2,(H,32,36)/b31-18+. The van der Waals surface area contributed by atoms with Gasteiger partial charge in [-0.15, -0.1) is 10.2 Å². The summed E-state index contributed by atoms with van der Waals surface area (Å²) < 4.78 is 8.73. The van der Waals surface area contributed by atoms with Crippen molar-refractivity contribution in [3.8, 4) is 28.6 Å². The van der Waals surface area contributed by atoms with Crippen LogP contribution >= 0.6 is 27.7 Å². The molecule has 0 atom stereocenters. The molecule has 10 heteroatoms. The molecule has 0 aliphatic heterocycles. The van der Waals surface area contributed by atoms with E-state index in [1.165, 1.54) is 11.8 Å². The third-order valence-corrected chi connectivity index (χ3v) is 6.69. The Morgan fingerprint density at radius 3 is 2.50 bits per heavy atom. The molecule has 3 aromatic carbocycles. The number of nitrogens with zero attached hydrogens (tertiary/aromatic N) is 5. The highest BCUT2D eigenvalue weighted by molar-refractivity contribution is 9.10. The number of hydrazone groups is 1. The van der Waals surface area contributed by atoms with Crippen molar-refractivity contribution in [2.45, 2.75) is 5.16 Å². The molecule has 1 amide bonds. The van der Waals surface area contributed by atoms with Gasteiger partial charge in [-0.05, 0) is 66.2 Å². The van der Waals surface area contributed by atoms with Crippen LogP contribution in [-0.4, -0.2) is 37.6 Å². The molecule has 8 nitrogen and oxygen atoms in total. The van der Waals surface area contributed by atoms with Crippen LogP contribution in [0.3, 0.4) is 0 Å². The summed E-state index contributed by atoms with van der Waals surface area (Å²) in [4.78, 5) is 16.6. The van der Waals surface area contributed by atoms with Crippen LogP contribution in [0.15, 0.2) is 118 Å². The van der Waals surface area contributed by atoms with Gasteiger partial charge in [-0.3, -0.25) is 14.3 Å². The number of hydrogen-bond donors (Lipinski definition) is 1. The number of thioether (sulfide) groups is 1. The van der Waals surface area contributed by atoms with Crippen LogP contribution in [0.1, 0.15) is 5.56 Å². The summed E-state index contributed by atoms with van der Waals surface area (Å²) in [6.07, 6.45) is 4.99. The molecule has 0 fully saturated rings. The number of rotatable bonds is 9. The second-order valence-electron chi connectivity index (χ2n) is 7.92. The maximum atomic E-state index is 12.5. The van der Waals surface area contributed by atoms with Crippen molar-refractivity contribution in [2.24, 2.45) is 5.10 Å². The van der Waals surface area contributed by atoms with Gasteiger partial charge in [0.25, 0.3) is 5.91 Å². The molecule has 0 unspecified atom stereocenters. The Bertz CT molecular complexity index is 1540. The average molecular weight is 585 g/mol. The predicted molar refractivity (Wildman–Crippen MR) is 152 cm³/mol. The summed E-state index contributed by atoms with van der Waals surface area (Å²) in [7, 11) is 0. The molecule has 0 saturated carbocycles. The van der Waals surface area contributed by atoms with Crippen molar-refractivity contribution < 1.29 is 9.53 Å². The Labute approximate surface area is 231 Å². The number of hydrogen-bond acceptors (Lipinski definition) is 7. The van der Waals surface area contributed by atoms with Gasteiger partial charge < -0.3 is 4.74 Å². The Morgan fingerprint density at radius 1 is 0.947 bits per heavy atom. The number of ether oxygens (including phenoxy) is 1. The maximum absolute atomic E-state index is 12.5. The van der Waals surface area contributed by atoms with Crippen molar-refractivity contribution in [3.05, 3.63) is 113 Å². The lowest BCUT2D eigenvalue weighted by Gasteiger charge is -2.10. The highest BCUT2D eigenvalue weighted by Crippen LogP contribution is 2.28. The average Bonchev–Trinajstić information content (AvgIpc) is 3.38. The minimum absolute atomic E-state index is 0.111. The van der Waals surface area contributed by atoms with E-state index in [0.29, 0.717) is 16.7 Å². The topological polar surface area (TPSA) is 94.3 Å². The van der Waals surface area contributed by atoms with E-state index in [1.807, 2.05) is 95.6 Å². The fourth-order valence-electron chi connectivity index (χ4n) is 3.50. The zero-order chi connectivity index (χ0) is 26.2. The fraction of sp³-hybridized carbons (Fsp3) is 0.0357. The quantitative estimate of drug-likeness (QED) is 0.127. The van der Waals surface area contributed by atoms with Gasteiger partial charge in [0.05, 0.1) is 12.0 Å². The number of benzene rings is 3. The summed E-state index contributed by atoms with van der Waals surface area (Å²) in [6.45, 7) is 0. The normalized spacial score (nSPS) is 11.0. The van der Waals surface area contributed by atoms with Gasteiger partial charge in [0.15, 0.2) is 11.0 Å². The minimum Gasteiger partial charge on any atom is -0.457 e. The molecule has 1 N–H and O–H groups in total. The van der Waals surface area contributed by atoms with Crippen LogP contribution in [0.4, 0.5) is 0 Å². The van der Waals surface area contributed by atoms with E-state index in [9.17, 15) is 4.79 Å². The van der Waals surface area contributed by atoms with Crippen molar-refractivity contribution in [1.29, 1.82) is 0 Å². The van der Waals surface area contributed by atoms with E-state index in [1.54, 1.807) is 18.6 Å². The number of carbonyl (C=O) groups is 1. The molecule has 0 spiro atoms. The van der Waals surface area contributed by atoms with Crippen LogP contribution < -0.4 is 10.2 Å². The van der Waals surface area contributed by atoms with Crippen LogP contribution in [0.2, 0.25) is 0 Å². The van der Waals surface area contributed by atoms with E-state index < -0.39 is 0 Å². The van der Waals surface area contributed by atoms with Crippen molar-refractivity contribution in [1.82, 2.24) is 25.2 Å². The molecule has 38 heavy (non-hydrogen) atoms. The van der Waals surface area contributed by atoms with Gasteiger partial charge >= 0.3 is 0 Å². The van der Waals surface area contributed by atoms with Crippen molar-refractivity contribution >= 4 is 39.8 Å². The third-order valence-electron chi connectivity index (χ3n) is 5.23. The zero-order valence-corrected chi connectivity index (χ0v) is 22.3. The lowest BCUT2D eigenvalue weighted by atomic mass is 10.2. The molecular formula is C28H21BrN6O2S. The lowest BCUT2D eigenvalue weighted by Crippen LogP contribution is -2.20. The van der Waals surface area contributed by atoms with E-state index in [2.05, 4.69) is 41.6 Å². The Hall–Kier alpha value is -4.28. The van der Waals surface area contributed by atoms with Crippen LogP contribution in [0.25, 0.3) is 17.1 Å². The van der Waals surface area contributed by atoms with Crippen molar-refractivity contribution in [2.75, 3.05) is 5.75 Å². The fourth-order valence-corrected chi connectivity index (χ4v) is 4.51. The first-order chi connectivity index (χ1) is 18.7. The molecule has 5 aromatic rings. The summed E-state index contributed by atoms with van der Waals surface area (Å²) in [5.41, 5.74) is 5.12. The largest absolute Gasteiger partial charge is 0.457 e. The van der Waals surface area contributed by atoms with Crippen LogP contribution in [0, 0.1) is 0 Å². The van der Waals surface area contributed by atoms with Crippen LogP contribution in [0.5, 0.6) is 11.5 Å². The number of pyridine rings is 1. The number of carbonyl (C=O) groups excluding carboxylic acids is 1. The van der Waals surface area contributed by atoms with Crippen LogP contribution in [-0.2, 0) is 4.79 Å². The highest BCUT2D eigenvalue weighted by Gasteiger charge is 2.17. The number of para-hydroxylation sites is 1. The second-order valence-corrected chi connectivity index (χ2v) is 9.78. The Morgan fingerprint density at radius 2 is 1.71 bits per heavy atom. The predicted octanol–water partition coefficient (Wildman–Crippen LogP) is 6.13. The molecule has 0 bridgehead atoms. The third kappa shape index (κ3) is 6.53. The minimum atomic E-state index is -0.265. The zero-order valence-electron chi connectivity index (χ0n) is 19.9. The van der Waals surface area contributed by atoms with Gasteiger partial charge in [-0.1, -0.05) is 58.0 Å². The molecule has 2 heterocycles. The molecule has 5 rings (SSSR count). The number of nitrogens with one attached hydrogen (secondary N) is 1. The summed E-state index contributed by atoms with van der Waals surface area (Å²) in [5.74, 6) is 1.93. The SMILES string of the molecule is O=C(CSc1nnc(-c2ccncc2)n1-c1ccc(Br)cc1)N/N=C/c1cccc(Oc2ccccc2)c1.